The van der Waals surface area contributed by atoms with Crippen LogP contribution in [0.15, 0.2) is 36.7 Å². The molecule has 0 spiro atoms. The summed E-state index contributed by atoms with van der Waals surface area (Å²) in [5.41, 5.74) is 2.94. The van der Waals surface area contributed by atoms with Crippen LogP contribution in [0.1, 0.15) is 61.3 Å². The van der Waals surface area contributed by atoms with Crippen molar-refractivity contribution >= 4 is 17.4 Å². The van der Waals surface area contributed by atoms with Gasteiger partial charge in [0, 0.05) is 23.4 Å². The van der Waals surface area contributed by atoms with Crippen molar-refractivity contribution in [1.29, 1.82) is 0 Å². The highest BCUT2D eigenvalue weighted by molar-refractivity contribution is 6.31. The van der Waals surface area contributed by atoms with Crippen LogP contribution in [-0.4, -0.2) is 28.5 Å². The third-order valence-corrected chi connectivity index (χ3v) is 4.79. The monoisotopic (exact) mass is 409 g/mol. The summed E-state index contributed by atoms with van der Waals surface area (Å²) in [6.07, 6.45) is 3.89. The molecule has 0 fully saturated rings. The normalized spacial score (nSPS) is 15.0. The molecule has 30 heavy (non-hydrogen) atoms. The molecule has 0 aliphatic carbocycles. The molecule has 0 atom stereocenters. The second kappa shape index (κ2) is 8.57. The Morgan fingerprint density at radius 3 is 2.60 bits per heavy atom. The smallest absolute Gasteiger partial charge is 0.260 e. The lowest BCUT2D eigenvalue weighted by atomic mass is 9.83. The minimum atomic E-state index is -0.454. The number of amides is 2. The number of nitrogens with one attached hydrogen (secondary N) is 2. The van der Waals surface area contributed by atoms with Gasteiger partial charge in [0.15, 0.2) is 11.5 Å². The maximum Gasteiger partial charge on any atom is 0.260 e. The van der Waals surface area contributed by atoms with Crippen LogP contribution >= 0.6 is 0 Å². The van der Waals surface area contributed by atoms with E-state index in [1.165, 1.54) is 12.3 Å². The van der Waals surface area contributed by atoms with Crippen molar-refractivity contribution < 1.29 is 19.4 Å². The van der Waals surface area contributed by atoms with E-state index in [4.69, 9.17) is 4.74 Å². The Hall–Kier alpha value is -3.35. The van der Waals surface area contributed by atoms with Gasteiger partial charge in [-0.2, -0.15) is 0 Å². The zero-order valence-corrected chi connectivity index (χ0v) is 17.7. The molecular weight excluding hydrogens is 382 g/mol. The number of pyridine rings is 1. The van der Waals surface area contributed by atoms with E-state index in [0.29, 0.717) is 41.3 Å². The van der Waals surface area contributed by atoms with Gasteiger partial charge in [0.05, 0.1) is 30.6 Å². The number of hydrogen-bond donors (Lipinski definition) is 3. The van der Waals surface area contributed by atoms with Gasteiger partial charge in [-0.25, -0.2) is 0 Å². The first-order valence-electron chi connectivity index (χ1n) is 9.95. The largest absolute Gasteiger partial charge is 0.504 e. The van der Waals surface area contributed by atoms with E-state index in [1.807, 2.05) is 19.1 Å². The molecule has 7 heteroatoms. The number of carbonyl (C=O) groups excluding carboxylic acids is 2. The maximum absolute atomic E-state index is 12.5. The SMILES string of the molecule is CCCOc1cnc(CN/C=C2\C(=O)NC(=O)c3ccc(C(C)(C)C)cc32)cc1O. The molecule has 0 saturated carbocycles. The van der Waals surface area contributed by atoms with Crippen molar-refractivity contribution in [2.45, 2.75) is 46.1 Å². The standard InChI is InChI=1S/C23H27N3O4/c1-5-8-30-20-13-25-15(10-19(20)27)11-24-12-18-17-9-14(23(2,3)4)6-7-16(17)21(28)26-22(18)29/h6-7,9-10,12-13,24H,5,8,11H2,1-4H3,(H,25,27)(H,26,28,29)/b18-12-. The summed E-state index contributed by atoms with van der Waals surface area (Å²) in [5.74, 6) is -0.496. The van der Waals surface area contributed by atoms with E-state index in [0.717, 1.165) is 12.0 Å². The molecular formula is C23H27N3O4. The quantitative estimate of drug-likeness (QED) is 0.500. The number of carbonyl (C=O) groups is 2. The van der Waals surface area contributed by atoms with Gasteiger partial charge in [-0.05, 0) is 29.5 Å². The molecule has 2 aromatic rings. The molecule has 1 aromatic heterocycles. The van der Waals surface area contributed by atoms with Crippen molar-refractivity contribution in [1.82, 2.24) is 15.6 Å². The van der Waals surface area contributed by atoms with Crippen molar-refractivity contribution in [3.63, 3.8) is 0 Å². The number of aromatic nitrogens is 1. The lowest BCUT2D eigenvalue weighted by Crippen LogP contribution is -2.37. The van der Waals surface area contributed by atoms with E-state index in [-0.39, 0.29) is 11.2 Å². The Morgan fingerprint density at radius 2 is 1.93 bits per heavy atom. The average molecular weight is 409 g/mol. The Bertz CT molecular complexity index is 1010. The van der Waals surface area contributed by atoms with Crippen molar-refractivity contribution in [3.05, 3.63) is 59.0 Å². The number of ether oxygens (including phenoxy) is 1. The van der Waals surface area contributed by atoms with Gasteiger partial charge in [-0.1, -0.05) is 33.8 Å². The molecule has 7 nitrogen and oxygen atoms in total. The van der Waals surface area contributed by atoms with Crippen LogP contribution in [0.4, 0.5) is 0 Å². The summed E-state index contributed by atoms with van der Waals surface area (Å²) in [4.78, 5) is 28.9. The predicted molar refractivity (Wildman–Crippen MR) is 114 cm³/mol. The van der Waals surface area contributed by atoms with Crippen LogP contribution in [0, 0.1) is 0 Å². The topological polar surface area (TPSA) is 101 Å². The van der Waals surface area contributed by atoms with Gasteiger partial charge in [0.1, 0.15) is 0 Å². The second-order valence-corrected chi connectivity index (χ2v) is 8.22. The first-order chi connectivity index (χ1) is 14.2. The first kappa shape index (κ1) is 21.4. The fraction of sp³-hybridized carbons (Fsp3) is 0.348. The molecule has 0 unspecified atom stereocenters. The first-order valence-corrected chi connectivity index (χ1v) is 9.95. The molecule has 3 N–H and O–H groups in total. The lowest BCUT2D eigenvalue weighted by Gasteiger charge is -2.24. The molecule has 0 radical (unpaired) electrons. The Balaban J connectivity index is 1.82. The van der Waals surface area contributed by atoms with Crippen LogP contribution in [0.2, 0.25) is 0 Å². The summed E-state index contributed by atoms with van der Waals surface area (Å²) in [7, 11) is 0. The van der Waals surface area contributed by atoms with Crippen molar-refractivity contribution in [3.8, 4) is 11.5 Å². The second-order valence-electron chi connectivity index (χ2n) is 8.22. The molecule has 0 saturated heterocycles. The molecule has 2 heterocycles. The van der Waals surface area contributed by atoms with Gasteiger partial charge in [-0.15, -0.1) is 0 Å². The average Bonchev–Trinajstić information content (AvgIpc) is 2.68. The predicted octanol–water partition coefficient (Wildman–Crippen LogP) is 3.27. The third kappa shape index (κ3) is 4.62. The van der Waals surface area contributed by atoms with Gasteiger partial charge < -0.3 is 15.2 Å². The summed E-state index contributed by atoms with van der Waals surface area (Å²) < 4.78 is 5.41. The highest BCUT2D eigenvalue weighted by Gasteiger charge is 2.28. The van der Waals surface area contributed by atoms with Gasteiger partial charge in [0.25, 0.3) is 11.8 Å². The molecule has 1 aliphatic rings. The molecule has 1 aromatic carbocycles. The number of rotatable bonds is 6. The zero-order chi connectivity index (χ0) is 21.9. The van der Waals surface area contributed by atoms with Crippen LogP contribution in [0.5, 0.6) is 11.5 Å². The van der Waals surface area contributed by atoms with Crippen LogP contribution in [-0.2, 0) is 16.8 Å². The van der Waals surface area contributed by atoms with Gasteiger partial charge in [-0.3, -0.25) is 19.9 Å². The number of fused-ring (bicyclic) bond motifs is 1. The van der Waals surface area contributed by atoms with E-state index >= 15 is 0 Å². The lowest BCUT2D eigenvalue weighted by molar-refractivity contribution is -0.114. The molecule has 3 rings (SSSR count). The number of nitrogens with zero attached hydrogens (tertiary/aromatic N) is 1. The highest BCUT2D eigenvalue weighted by atomic mass is 16.5. The van der Waals surface area contributed by atoms with Crippen LogP contribution in [0.3, 0.4) is 0 Å². The van der Waals surface area contributed by atoms with E-state index in [1.54, 1.807) is 12.3 Å². The fourth-order valence-corrected chi connectivity index (χ4v) is 3.09. The summed E-state index contributed by atoms with van der Waals surface area (Å²) in [6, 6.07) is 7.07. The third-order valence-electron chi connectivity index (χ3n) is 4.79. The molecule has 0 bridgehead atoms. The minimum absolute atomic E-state index is 0.0177. The van der Waals surface area contributed by atoms with E-state index in [2.05, 4.69) is 36.4 Å². The summed E-state index contributed by atoms with van der Waals surface area (Å²) in [6.45, 7) is 9.00. The summed E-state index contributed by atoms with van der Waals surface area (Å²) >= 11 is 0. The highest BCUT2D eigenvalue weighted by Crippen LogP contribution is 2.30. The Labute approximate surface area is 176 Å². The van der Waals surface area contributed by atoms with Gasteiger partial charge in [0.2, 0.25) is 0 Å². The Morgan fingerprint density at radius 1 is 1.17 bits per heavy atom. The Kier molecular flexibility index (Phi) is 6.10. The van der Waals surface area contributed by atoms with Crippen LogP contribution in [0.25, 0.3) is 5.57 Å². The fourth-order valence-electron chi connectivity index (χ4n) is 3.09. The molecule has 1 aliphatic heterocycles. The zero-order valence-electron chi connectivity index (χ0n) is 17.7. The maximum atomic E-state index is 12.5. The molecule has 2 amide bonds. The molecule has 158 valence electrons. The minimum Gasteiger partial charge on any atom is -0.504 e. The van der Waals surface area contributed by atoms with Crippen molar-refractivity contribution in [2.24, 2.45) is 0 Å². The number of imide groups is 1. The van der Waals surface area contributed by atoms with Gasteiger partial charge >= 0.3 is 0 Å². The van der Waals surface area contributed by atoms with E-state index < -0.39 is 11.8 Å². The van der Waals surface area contributed by atoms with E-state index in [9.17, 15) is 14.7 Å². The van der Waals surface area contributed by atoms with Crippen molar-refractivity contribution in [2.75, 3.05) is 6.61 Å². The number of hydrogen-bond acceptors (Lipinski definition) is 6. The number of aromatic hydroxyl groups is 1. The summed E-state index contributed by atoms with van der Waals surface area (Å²) in [5, 5.41) is 15.5. The number of benzene rings is 1. The van der Waals surface area contributed by atoms with Crippen LogP contribution < -0.4 is 15.4 Å².